The predicted molar refractivity (Wildman–Crippen MR) is 489 cm³/mol. The summed E-state index contributed by atoms with van der Waals surface area (Å²) in [4.78, 5) is 33.1. The lowest BCUT2D eigenvalue weighted by Gasteiger charge is -2.14. The van der Waals surface area contributed by atoms with Gasteiger partial charge in [-0.1, -0.05) is 38.8 Å². The molecule has 8 aromatic carbocycles. The second-order valence-corrected chi connectivity index (χ2v) is 30.8. The third kappa shape index (κ3) is 22.5. The number of nitrogens with zero attached hydrogens (tertiary/aromatic N) is 10. The summed E-state index contributed by atoms with van der Waals surface area (Å²) in [7, 11) is 4.23. The van der Waals surface area contributed by atoms with Gasteiger partial charge in [0.05, 0.1) is 65.6 Å². The Balaban J connectivity index is 0.000000137. The Morgan fingerprint density at radius 1 is 0.417 bits per heavy atom. The van der Waals surface area contributed by atoms with E-state index >= 15 is 0 Å². The summed E-state index contributed by atoms with van der Waals surface area (Å²) in [5.41, 5.74) is 16.3. The molecule has 8 heterocycles. The highest BCUT2D eigenvalue weighted by atomic mass is 16.5. The van der Waals surface area contributed by atoms with E-state index in [0.717, 1.165) is 143 Å². The Bertz CT molecular complexity index is 6040. The van der Waals surface area contributed by atoms with E-state index in [1.807, 2.05) is 183 Å². The lowest BCUT2D eigenvalue weighted by atomic mass is 10.0. The molecule has 127 heavy (non-hydrogen) atoms. The van der Waals surface area contributed by atoms with E-state index < -0.39 is 0 Å². The summed E-state index contributed by atoms with van der Waals surface area (Å²) in [6.45, 7) is 24.4. The third-order valence-corrected chi connectivity index (χ3v) is 21.8. The first-order valence-corrected chi connectivity index (χ1v) is 44.1. The van der Waals surface area contributed by atoms with Crippen LogP contribution in [0.4, 0.5) is 0 Å². The van der Waals surface area contributed by atoms with Gasteiger partial charge in [0, 0.05) is 135 Å². The molecule has 1 aliphatic heterocycles. The third-order valence-electron chi connectivity index (χ3n) is 21.8. The molecule has 0 radical (unpaired) electrons. The Labute approximate surface area is 738 Å². The molecule has 2 atom stereocenters. The van der Waals surface area contributed by atoms with Crippen LogP contribution in [0.2, 0.25) is 0 Å². The van der Waals surface area contributed by atoms with Crippen molar-refractivity contribution in [3.8, 4) is 137 Å². The number of ether oxygens (including phenoxy) is 8. The average Bonchev–Trinajstić information content (AvgIpc) is 1.61. The van der Waals surface area contributed by atoms with Crippen LogP contribution in [-0.4, -0.2) is 193 Å². The molecule has 666 valence electrons. The zero-order chi connectivity index (χ0) is 88.5. The van der Waals surface area contributed by atoms with Crippen LogP contribution in [0.3, 0.4) is 0 Å². The molecule has 1 unspecified atom stereocenters. The number of rotatable bonds is 38. The van der Waals surface area contributed by atoms with Crippen molar-refractivity contribution in [2.75, 3.05) is 106 Å². The number of fused-ring (bicyclic) bond motifs is 4. The fraction of sp³-hybridized carbons (Fsp3) is 0.367. The number of β-amino-alcohol motifs (C(OH)–C–C–N with tert-alkyl or cyclic N) is 1. The van der Waals surface area contributed by atoms with Crippen LogP contribution in [0.15, 0.2) is 182 Å². The van der Waals surface area contributed by atoms with E-state index in [0.29, 0.717) is 159 Å². The van der Waals surface area contributed by atoms with E-state index in [-0.39, 0.29) is 25.4 Å². The molecule has 1 saturated heterocycles. The maximum absolute atomic E-state index is 9.83. The highest BCUT2D eigenvalue weighted by molar-refractivity contribution is 5.89. The number of likely N-dealkylation sites (tertiary alicyclic amines) is 1. The number of hydrogen-bond donors (Lipinski definition) is 7. The summed E-state index contributed by atoms with van der Waals surface area (Å²) in [5, 5.41) is 51.7. The molecule has 29 nitrogen and oxygen atoms in total. The normalized spacial score (nSPS) is 13.6. The second-order valence-electron chi connectivity index (χ2n) is 30.8. The molecule has 1 fully saturated rings. The Morgan fingerprint density at radius 2 is 0.795 bits per heavy atom. The van der Waals surface area contributed by atoms with Crippen LogP contribution in [0.25, 0.3) is 124 Å². The molecule has 15 aromatic rings. The van der Waals surface area contributed by atoms with Crippen molar-refractivity contribution in [3.05, 3.63) is 192 Å². The molecular formula is C98H114N14O15. The summed E-state index contributed by atoms with van der Waals surface area (Å²) >= 11 is 0. The SMILES string of the molecule is CCOc1ccc(-c2nc(-c3ccc4[nH]cc(CCCCN(C)C)c4c3)no2)cc1OCC.CCOc1ccc(-c2nc(-c3ccc4[nH]cc(CCCCO)c4c3)no2)cc1OCC.CCOc1ccc(-c2nc(-c3ccc4[nH]cc(CN5CC[C@H](O)C5)c4c3)no2)cc1OCC.CCOc1ccc(-c2nc(-c3cccc4c3CCC4NCCO)no2)cc1OCC. The van der Waals surface area contributed by atoms with E-state index in [2.05, 4.69) is 121 Å². The van der Waals surface area contributed by atoms with E-state index in [1.165, 1.54) is 39.6 Å². The number of aromatic nitrogens is 11. The molecule has 0 bridgehead atoms. The fourth-order valence-corrected chi connectivity index (χ4v) is 15.7. The van der Waals surface area contributed by atoms with Crippen molar-refractivity contribution >= 4 is 32.7 Å². The van der Waals surface area contributed by atoms with Gasteiger partial charge in [0.2, 0.25) is 23.3 Å². The first-order valence-electron chi connectivity index (χ1n) is 44.1. The van der Waals surface area contributed by atoms with Crippen molar-refractivity contribution < 1.29 is 71.3 Å². The van der Waals surface area contributed by atoms with Gasteiger partial charge in [0.15, 0.2) is 46.0 Å². The predicted octanol–water partition coefficient (Wildman–Crippen LogP) is 18.6. The zero-order valence-electron chi connectivity index (χ0n) is 73.9. The van der Waals surface area contributed by atoms with Crippen LogP contribution in [-0.2, 0) is 25.8 Å². The second kappa shape index (κ2) is 44.3. The largest absolute Gasteiger partial charge is 0.490 e. The topological polar surface area (TPSA) is 356 Å². The van der Waals surface area contributed by atoms with Crippen molar-refractivity contribution in [1.82, 2.24) is 70.6 Å². The van der Waals surface area contributed by atoms with Crippen LogP contribution in [0.5, 0.6) is 46.0 Å². The van der Waals surface area contributed by atoms with Gasteiger partial charge in [0.1, 0.15) is 0 Å². The summed E-state index contributed by atoms with van der Waals surface area (Å²) in [5.74, 6) is 9.40. The van der Waals surface area contributed by atoms with Gasteiger partial charge in [-0.3, -0.25) is 4.90 Å². The molecule has 0 saturated carbocycles. The minimum absolute atomic E-state index is 0.131. The lowest BCUT2D eigenvalue weighted by molar-refractivity contribution is 0.175. The minimum atomic E-state index is -0.227. The van der Waals surface area contributed by atoms with Crippen molar-refractivity contribution in [2.45, 2.75) is 132 Å². The summed E-state index contributed by atoms with van der Waals surface area (Å²) < 4.78 is 67.7. The number of H-pyrrole nitrogens is 3. The first-order chi connectivity index (χ1) is 62.2. The molecule has 7 N–H and O–H groups in total. The Kier molecular flexibility index (Phi) is 31.5. The van der Waals surface area contributed by atoms with Crippen LogP contribution < -0.4 is 43.2 Å². The van der Waals surface area contributed by atoms with Crippen molar-refractivity contribution in [2.24, 2.45) is 0 Å². The molecule has 2 aliphatic rings. The first kappa shape index (κ1) is 90.3. The summed E-state index contributed by atoms with van der Waals surface area (Å²) in [6.07, 6.45) is 14.7. The molecule has 7 aromatic heterocycles. The van der Waals surface area contributed by atoms with Crippen LogP contribution in [0.1, 0.15) is 128 Å². The van der Waals surface area contributed by atoms with Crippen molar-refractivity contribution in [3.63, 3.8) is 0 Å². The van der Waals surface area contributed by atoms with Gasteiger partial charge >= 0.3 is 0 Å². The van der Waals surface area contributed by atoms with Crippen LogP contribution in [0, 0.1) is 0 Å². The number of aromatic amines is 3. The van der Waals surface area contributed by atoms with E-state index in [4.69, 9.17) is 66.2 Å². The smallest absolute Gasteiger partial charge is 0.258 e. The number of aliphatic hydroxyl groups is 3. The molecule has 29 heteroatoms. The molecule has 0 amide bonds. The van der Waals surface area contributed by atoms with Gasteiger partial charge in [-0.05, 0) is 289 Å². The van der Waals surface area contributed by atoms with Gasteiger partial charge in [-0.25, -0.2) is 0 Å². The average molecular weight is 1730 g/mol. The number of aryl methyl sites for hydroxylation is 2. The Hall–Kier alpha value is -12.9. The van der Waals surface area contributed by atoms with E-state index in [1.54, 1.807) is 0 Å². The number of benzene rings is 8. The number of aliphatic hydroxyl groups excluding tert-OH is 3. The van der Waals surface area contributed by atoms with Gasteiger partial charge in [-0.2, -0.15) is 19.9 Å². The number of hydrogen-bond acceptors (Lipinski definition) is 26. The molecule has 1 aliphatic carbocycles. The highest BCUT2D eigenvalue weighted by Crippen LogP contribution is 2.42. The lowest BCUT2D eigenvalue weighted by Crippen LogP contribution is -2.22. The zero-order valence-corrected chi connectivity index (χ0v) is 73.9. The standard InChI is InChI=1S/C26H32N4O3.C25H28N4O4.C24H27N3O4.C23H27N3O4/c1-5-31-23-13-11-19(16-24(23)32-6-2)26-28-25(29-33-26)18-10-12-22-21(15-18)20(17-27-22)9-7-8-14-30(3)4;1-3-31-22-8-6-17(12-23(22)32-4-2)25-27-24(28-33-25)16-5-7-21-20(11-16)18(13-26-21)14-29-10-9-19(30)15-29;1-3-29-21-11-9-17(14-22(21)30-4-2)24-26-23(27-31-24)16-8-10-20-19(13-16)18(15-25-20)7-5-6-12-28;1-3-28-20-11-8-15(14-21(20)29-4-2)23-25-22(26-30-23)18-7-5-6-17-16(18)9-10-19(17)24-12-13-27/h10-13,15-17,27H,5-9,14H2,1-4H3;5-8,11-13,19,26,30H,3-4,9-10,14-15H2,1-2H3;8-11,13-15,25,28H,3-7,12H2,1-2H3;5-8,11,14,19,24,27H,3-4,9-10,12-13H2,1-2H3/t;19-;;/m.0../s1. The van der Waals surface area contributed by atoms with Gasteiger partial charge in [-0.15, -0.1) is 0 Å². The molecule has 0 spiro atoms. The fourth-order valence-electron chi connectivity index (χ4n) is 15.7. The highest BCUT2D eigenvalue weighted by Gasteiger charge is 2.28. The van der Waals surface area contributed by atoms with Crippen molar-refractivity contribution in [1.29, 1.82) is 0 Å². The maximum atomic E-state index is 9.83. The van der Waals surface area contributed by atoms with Gasteiger partial charge in [0.25, 0.3) is 23.6 Å². The Morgan fingerprint density at radius 3 is 1.18 bits per heavy atom. The van der Waals surface area contributed by atoms with E-state index in [9.17, 15) is 5.11 Å². The van der Waals surface area contributed by atoms with Gasteiger partial charge < -0.3 is 96.5 Å². The number of unbranched alkanes of at least 4 members (excludes halogenated alkanes) is 2. The molecule has 17 rings (SSSR count). The summed E-state index contributed by atoms with van der Waals surface area (Å²) in [6, 6.07) is 47.4. The monoisotopic (exact) mass is 1730 g/mol. The quantitative estimate of drug-likeness (QED) is 0.0177. The minimum Gasteiger partial charge on any atom is -0.490 e. The maximum Gasteiger partial charge on any atom is 0.258 e. The molecular weight excluding hydrogens is 1610 g/mol. The van der Waals surface area contributed by atoms with Crippen LogP contribution >= 0.6 is 0 Å². The number of nitrogens with one attached hydrogen (secondary N) is 4.